The lowest BCUT2D eigenvalue weighted by Crippen LogP contribution is -2.54. The van der Waals surface area contributed by atoms with E-state index in [1.165, 1.54) is 4.90 Å². The van der Waals surface area contributed by atoms with E-state index in [0.717, 1.165) is 21.7 Å². The van der Waals surface area contributed by atoms with E-state index < -0.39 is 28.5 Å². The maximum atomic E-state index is 14.1. The van der Waals surface area contributed by atoms with Crippen molar-refractivity contribution in [3.05, 3.63) is 95.6 Å². The van der Waals surface area contributed by atoms with Crippen LogP contribution in [-0.2, 0) is 32.6 Å². The van der Waals surface area contributed by atoms with E-state index in [9.17, 15) is 18.0 Å². The number of rotatable bonds is 12. The Balaban J connectivity index is 2.08. The Hall–Kier alpha value is -3.85. The zero-order chi connectivity index (χ0) is 28.6. The summed E-state index contributed by atoms with van der Waals surface area (Å²) in [5.41, 5.74) is 2.76. The van der Waals surface area contributed by atoms with Gasteiger partial charge in [0.05, 0.1) is 19.1 Å². The number of benzene rings is 3. The minimum absolute atomic E-state index is 0.0877. The molecule has 0 aromatic heterocycles. The van der Waals surface area contributed by atoms with Crippen molar-refractivity contribution in [3.63, 3.8) is 0 Å². The highest BCUT2D eigenvalue weighted by Gasteiger charge is 2.33. The third-order valence-electron chi connectivity index (χ3n) is 6.25. The van der Waals surface area contributed by atoms with E-state index in [2.05, 4.69) is 5.32 Å². The molecule has 39 heavy (non-hydrogen) atoms. The summed E-state index contributed by atoms with van der Waals surface area (Å²) >= 11 is 0. The summed E-state index contributed by atoms with van der Waals surface area (Å²) in [5, 5.41) is 2.94. The second-order valence-corrected chi connectivity index (χ2v) is 11.7. The summed E-state index contributed by atoms with van der Waals surface area (Å²) in [4.78, 5) is 29.1. The van der Waals surface area contributed by atoms with Crippen molar-refractivity contribution in [1.82, 2.24) is 10.2 Å². The molecule has 3 aromatic carbocycles. The molecule has 2 amide bonds. The van der Waals surface area contributed by atoms with Gasteiger partial charge < -0.3 is 15.0 Å². The predicted molar refractivity (Wildman–Crippen MR) is 154 cm³/mol. The average Bonchev–Trinajstić information content (AvgIpc) is 2.89. The molecule has 0 aliphatic rings. The molecule has 208 valence electrons. The van der Waals surface area contributed by atoms with Gasteiger partial charge >= 0.3 is 0 Å². The molecular formula is C30H37N3O5S. The van der Waals surface area contributed by atoms with Crippen LogP contribution >= 0.6 is 0 Å². The standard InChI is InChI=1S/C30H37N3O5S/c1-22(2)31-30(35)28(19-24-13-7-6-8-14-24)32(20-25-15-11-16-26(18-25)38-4)29(34)21-33(39(5,36)37)27-17-10-9-12-23(27)3/h6-18,22,28H,19-21H2,1-5H3,(H,31,35). The highest BCUT2D eigenvalue weighted by atomic mass is 32.2. The molecule has 1 N–H and O–H groups in total. The Morgan fingerprint density at radius 2 is 1.56 bits per heavy atom. The van der Waals surface area contributed by atoms with Crippen LogP contribution in [0.4, 0.5) is 5.69 Å². The average molecular weight is 552 g/mol. The molecule has 0 aliphatic carbocycles. The van der Waals surface area contributed by atoms with Crippen molar-refractivity contribution in [2.75, 3.05) is 24.2 Å². The van der Waals surface area contributed by atoms with Gasteiger partial charge in [0, 0.05) is 19.0 Å². The van der Waals surface area contributed by atoms with Crippen molar-refractivity contribution < 1.29 is 22.7 Å². The van der Waals surface area contributed by atoms with Crippen LogP contribution in [0.5, 0.6) is 5.75 Å². The van der Waals surface area contributed by atoms with Crippen LogP contribution in [0.15, 0.2) is 78.9 Å². The number of anilines is 1. The summed E-state index contributed by atoms with van der Waals surface area (Å²) in [6, 6.07) is 22.7. The number of carbonyl (C=O) groups is 2. The molecule has 0 heterocycles. The fourth-order valence-corrected chi connectivity index (χ4v) is 5.25. The number of nitrogens with zero attached hydrogens (tertiary/aromatic N) is 2. The molecule has 9 heteroatoms. The zero-order valence-electron chi connectivity index (χ0n) is 23.1. The van der Waals surface area contributed by atoms with Crippen LogP contribution in [0.2, 0.25) is 0 Å². The molecule has 1 atom stereocenters. The first kappa shape index (κ1) is 29.7. The third kappa shape index (κ3) is 8.32. The number of ether oxygens (including phenoxy) is 1. The van der Waals surface area contributed by atoms with Gasteiger partial charge in [0.2, 0.25) is 21.8 Å². The largest absolute Gasteiger partial charge is 0.497 e. The number of methoxy groups -OCH3 is 1. The Bertz CT molecular complexity index is 1380. The molecule has 3 aromatic rings. The number of carbonyl (C=O) groups excluding carboxylic acids is 2. The molecule has 0 fully saturated rings. The van der Waals surface area contributed by atoms with Gasteiger partial charge in [-0.2, -0.15) is 0 Å². The van der Waals surface area contributed by atoms with Gasteiger partial charge in [-0.1, -0.05) is 60.7 Å². The van der Waals surface area contributed by atoms with E-state index in [0.29, 0.717) is 17.0 Å². The Morgan fingerprint density at radius 1 is 0.923 bits per heavy atom. The molecule has 3 rings (SSSR count). The van der Waals surface area contributed by atoms with Crippen molar-refractivity contribution in [2.45, 2.75) is 45.8 Å². The van der Waals surface area contributed by atoms with Crippen molar-refractivity contribution in [3.8, 4) is 5.75 Å². The van der Waals surface area contributed by atoms with E-state index in [4.69, 9.17) is 4.74 Å². The number of hydrogen-bond acceptors (Lipinski definition) is 5. The second-order valence-electron chi connectivity index (χ2n) is 9.80. The van der Waals surface area contributed by atoms with Gasteiger partial charge in [0.15, 0.2) is 0 Å². The van der Waals surface area contributed by atoms with E-state index in [-0.39, 0.29) is 24.9 Å². The first-order valence-electron chi connectivity index (χ1n) is 12.8. The molecule has 1 unspecified atom stereocenters. The number of sulfonamides is 1. The topological polar surface area (TPSA) is 96.0 Å². The number of nitrogens with one attached hydrogen (secondary N) is 1. The fourth-order valence-electron chi connectivity index (χ4n) is 4.34. The normalized spacial score (nSPS) is 12.1. The van der Waals surface area contributed by atoms with E-state index in [1.807, 2.05) is 62.4 Å². The second kappa shape index (κ2) is 13.3. The predicted octanol–water partition coefficient (Wildman–Crippen LogP) is 3.93. The van der Waals surface area contributed by atoms with E-state index >= 15 is 0 Å². The van der Waals surface area contributed by atoms with Crippen molar-refractivity contribution in [1.29, 1.82) is 0 Å². The first-order chi connectivity index (χ1) is 18.5. The molecule has 0 aliphatic heterocycles. The van der Waals surface area contributed by atoms with E-state index in [1.54, 1.807) is 44.4 Å². The van der Waals surface area contributed by atoms with Crippen molar-refractivity contribution in [2.24, 2.45) is 0 Å². The van der Waals surface area contributed by atoms with Gasteiger partial charge in [-0.05, 0) is 55.7 Å². The molecule has 0 radical (unpaired) electrons. The fraction of sp³-hybridized carbons (Fsp3) is 0.333. The van der Waals surface area contributed by atoms with Gasteiger partial charge in [0.1, 0.15) is 18.3 Å². The summed E-state index contributed by atoms with van der Waals surface area (Å²) in [5.74, 6) is -0.193. The van der Waals surface area contributed by atoms with Gasteiger partial charge in [0.25, 0.3) is 0 Å². The third-order valence-corrected chi connectivity index (χ3v) is 7.38. The van der Waals surface area contributed by atoms with Gasteiger partial charge in [-0.15, -0.1) is 0 Å². The minimum atomic E-state index is -3.81. The van der Waals surface area contributed by atoms with Crippen LogP contribution in [0.3, 0.4) is 0 Å². The van der Waals surface area contributed by atoms with Crippen LogP contribution in [0.25, 0.3) is 0 Å². The molecule has 8 nitrogen and oxygen atoms in total. The molecule has 0 bridgehead atoms. The quantitative estimate of drug-likeness (QED) is 0.368. The number of para-hydroxylation sites is 1. The Kier molecular flexibility index (Phi) is 10.1. The summed E-state index contributed by atoms with van der Waals surface area (Å²) in [6.45, 7) is 5.14. The highest BCUT2D eigenvalue weighted by molar-refractivity contribution is 7.92. The monoisotopic (exact) mass is 551 g/mol. The zero-order valence-corrected chi connectivity index (χ0v) is 23.9. The Morgan fingerprint density at radius 3 is 2.18 bits per heavy atom. The highest BCUT2D eigenvalue weighted by Crippen LogP contribution is 2.24. The SMILES string of the molecule is COc1cccc(CN(C(=O)CN(c2ccccc2C)S(C)(=O)=O)C(Cc2ccccc2)C(=O)NC(C)C)c1. The maximum absolute atomic E-state index is 14.1. The van der Waals surface area contributed by atoms with Crippen LogP contribution < -0.4 is 14.4 Å². The Labute approximate surface area is 231 Å². The molecular weight excluding hydrogens is 514 g/mol. The molecule has 0 spiro atoms. The summed E-state index contributed by atoms with van der Waals surface area (Å²) < 4.78 is 32.2. The lowest BCUT2D eigenvalue weighted by molar-refractivity contribution is -0.140. The number of aryl methyl sites for hydroxylation is 1. The molecule has 0 saturated heterocycles. The maximum Gasteiger partial charge on any atom is 0.244 e. The van der Waals surface area contributed by atoms with Crippen LogP contribution in [0, 0.1) is 6.92 Å². The van der Waals surface area contributed by atoms with Crippen molar-refractivity contribution >= 4 is 27.5 Å². The summed E-state index contributed by atoms with van der Waals surface area (Å²) in [6.07, 6.45) is 1.34. The van der Waals surface area contributed by atoms with Crippen LogP contribution in [-0.4, -0.2) is 57.1 Å². The summed E-state index contributed by atoms with van der Waals surface area (Å²) in [7, 11) is -2.25. The first-order valence-corrected chi connectivity index (χ1v) is 14.6. The van der Waals surface area contributed by atoms with Crippen LogP contribution in [0.1, 0.15) is 30.5 Å². The smallest absolute Gasteiger partial charge is 0.244 e. The van der Waals surface area contributed by atoms with Gasteiger partial charge in [-0.3, -0.25) is 13.9 Å². The lowest BCUT2D eigenvalue weighted by atomic mass is 10.0. The van der Waals surface area contributed by atoms with Gasteiger partial charge in [-0.25, -0.2) is 8.42 Å². The lowest BCUT2D eigenvalue weighted by Gasteiger charge is -2.34. The molecule has 0 saturated carbocycles. The number of amides is 2. The minimum Gasteiger partial charge on any atom is -0.497 e. The number of hydrogen-bond donors (Lipinski definition) is 1.